The molecule has 0 aromatic carbocycles. The molecule has 238 valence electrons. The van der Waals surface area contributed by atoms with Gasteiger partial charge >= 0.3 is 7.75 Å². The number of likely N-dealkylation sites (N-methyl/N-ethyl adjacent to an activating group) is 2. The Morgan fingerprint density at radius 3 is 1.27 bits per heavy atom. The summed E-state index contributed by atoms with van der Waals surface area (Å²) in [5.74, 6) is 0.724. The van der Waals surface area contributed by atoms with Crippen molar-refractivity contribution >= 4 is 13.7 Å². The average molecular weight is 586 g/mol. The number of unbranched alkanes of at least 4 members (excludes halogenated alkanes) is 12. The lowest BCUT2D eigenvalue weighted by Crippen LogP contribution is -2.34. The summed E-state index contributed by atoms with van der Waals surface area (Å²) < 4.78 is 33.4. The predicted octanol–water partition coefficient (Wildman–Crippen LogP) is 10.8. The molecule has 0 aromatic rings. The summed E-state index contributed by atoms with van der Waals surface area (Å²) in [6.45, 7) is 15.0. The molecule has 40 heavy (non-hydrogen) atoms. The third kappa shape index (κ3) is 15.1. The second-order valence-corrected chi connectivity index (χ2v) is 14.5. The fraction of sp³-hybridized carbons (Fsp3) is 0.970. The van der Waals surface area contributed by atoms with E-state index >= 15 is 0 Å². The van der Waals surface area contributed by atoms with Crippen LogP contribution in [0.25, 0.3) is 0 Å². The van der Waals surface area contributed by atoms with Gasteiger partial charge in [0.25, 0.3) is 0 Å². The molecule has 1 aliphatic rings. The highest BCUT2D eigenvalue weighted by Gasteiger charge is 2.43. The third-order valence-electron chi connectivity index (χ3n) is 8.57. The number of rotatable bonds is 25. The lowest BCUT2D eigenvalue weighted by molar-refractivity contribution is -0.00362. The third-order valence-corrected chi connectivity index (χ3v) is 10.3. The summed E-state index contributed by atoms with van der Waals surface area (Å²) in [6.07, 6.45) is 22.4. The maximum Gasteiger partial charge on any atom is 0.458 e. The van der Waals surface area contributed by atoms with Crippen LogP contribution in [0.5, 0.6) is 0 Å². The number of hydrogen-bond donors (Lipinski definition) is 0. The van der Waals surface area contributed by atoms with Gasteiger partial charge in [0.2, 0.25) is 5.96 Å². The second-order valence-electron chi connectivity index (χ2n) is 13.0. The van der Waals surface area contributed by atoms with Gasteiger partial charge in [0, 0.05) is 27.2 Å². The molecule has 0 aliphatic carbocycles. The second kappa shape index (κ2) is 20.3. The van der Waals surface area contributed by atoms with Crippen LogP contribution < -0.4 is 0 Å². The molecule has 1 aliphatic heterocycles. The van der Waals surface area contributed by atoms with E-state index < -0.39 is 18.9 Å². The lowest BCUT2D eigenvalue weighted by atomic mass is 9.92. The van der Waals surface area contributed by atoms with Gasteiger partial charge in [-0.3, -0.25) is 9.05 Å². The molecule has 1 rings (SSSR count). The van der Waals surface area contributed by atoms with Crippen molar-refractivity contribution in [2.45, 2.75) is 181 Å². The van der Waals surface area contributed by atoms with Gasteiger partial charge in [0.05, 0.1) is 11.2 Å². The fourth-order valence-electron chi connectivity index (χ4n) is 5.81. The largest absolute Gasteiger partial charge is 0.458 e. The number of guanidine groups is 1. The average Bonchev–Trinajstić information content (AvgIpc) is 3.21. The maximum absolute atomic E-state index is 15.0. The van der Waals surface area contributed by atoms with Crippen molar-refractivity contribution < 1.29 is 13.6 Å². The minimum absolute atomic E-state index is 0.511. The van der Waals surface area contributed by atoms with Crippen LogP contribution in [-0.2, 0) is 13.6 Å². The van der Waals surface area contributed by atoms with Crippen LogP contribution in [0.4, 0.5) is 0 Å². The smallest absolute Gasteiger partial charge is 0.344 e. The lowest BCUT2D eigenvalue weighted by Gasteiger charge is -2.37. The zero-order valence-electron chi connectivity index (χ0n) is 28.1. The summed E-state index contributed by atoms with van der Waals surface area (Å²) in [4.78, 5) is 4.16. The molecule has 3 unspecified atom stereocenters. The molecule has 0 amide bonds. The highest BCUT2D eigenvalue weighted by molar-refractivity contribution is 7.52. The molecule has 0 aromatic heterocycles. The summed E-state index contributed by atoms with van der Waals surface area (Å²) in [5.41, 5.74) is -1.02. The Morgan fingerprint density at radius 1 is 0.600 bits per heavy atom. The van der Waals surface area contributed by atoms with Gasteiger partial charge in [-0.25, -0.2) is 4.57 Å². The molecule has 0 bridgehead atoms. The van der Waals surface area contributed by atoms with Crippen LogP contribution in [0.1, 0.15) is 170 Å². The maximum atomic E-state index is 15.0. The van der Waals surface area contributed by atoms with Crippen LogP contribution in [0.15, 0.2) is 4.76 Å². The van der Waals surface area contributed by atoms with Gasteiger partial charge in [-0.15, -0.1) is 4.76 Å². The Bertz CT molecular complexity index is 722. The number of hydrogen-bond acceptors (Lipinski definition) is 3. The summed E-state index contributed by atoms with van der Waals surface area (Å²) in [6, 6.07) is 0. The first-order chi connectivity index (χ1) is 19.1. The van der Waals surface area contributed by atoms with Gasteiger partial charge in [0.15, 0.2) is 0 Å². The van der Waals surface area contributed by atoms with E-state index in [-0.39, 0.29) is 0 Å². The molecular weight excluding hydrogens is 517 g/mol. The van der Waals surface area contributed by atoms with E-state index in [0.717, 1.165) is 83.3 Å². The van der Waals surface area contributed by atoms with Crippen molar-refractivity contribution in [1.29, 1.82) is 0 Å². The van der Waals surface area contributed by atoms with Crippen molar-refractivity contribution in [2.75, 3.05) is 27.2 Å². The number of nitrogens with zero attached hydrogens (tertiary/aromatic N) is 3. The first kappa shape index (κ1) is 37.4. The van der Waals surface area contributed by atoms with E-state index in [9.17, 15) is 4.57 Å². The minimum Gasteiger partial charge on any atom is -0.344 e. The predicted molar refractivity (Wildman–Crippen MR) is 174 cm³/mol. The van der Waals surface area contributed by atoms with Gasteiger partial charge in [-0.05, 0) is 39.5 Å². The zero-order chi connectivity index (χ0) is 29.9. The Balaban J connectivity index is 3.32. The fourth-order valence-corrected chi connectivity index (χ4v) is 7.93. The molecule has 0 radical (unpaired) electrons. The molecule has 1 heterocycles. The Labute approximate surface area is 250 Å². The summed E-state index contributed by atoms with van der Waals surface area (Å²) >= 11 is 0. The normalized spacial score (nSPS) is 18.6. The van der Waals surface area contributed by atoms with Gasteiger partial charge in [-0.2, -0.15) is 0 Å². The zero-order valence-corrected chi connectivity index (χ0v) is 29.0. The standard InChI is InChI=1S/C33H68N3O3P/c1-9-13-17-20-24-28-33(6,27-23-19-15-11-3)39-40(37,34-31-35(7)29-30-36(31)8)38-32(5,25-21-16-12-4)26-22-18-14-10-2/h9-30H2,1-8H3. The molecular formula is C33H68N3O3P. The highest BCUT2D eigenvalue weighted by atomic mass is 31.2. The summed E-state index contributed by atoms with van der Waals surface area (Å²) in [7, 11) is 0.244. The van der Waals surface area contributed by atoms with Crippen molar-refractivity contribution in [3.8, 4) is 0 Å². The Kier molecular flexibility index (Phi) is 19.0. The molecule has 1 fully saturated rings. The quantitative estimate of drug-likeness (QED) is 0.0788. The van der Waals surface area contributed by atoms with Gasteiger partial charge < -0.3 is 9.80 Å². The van der Waals surface area contributed by atoms with E-state index in [1.165, 1.54) is 64.2 Å². The first-order valence-corrected chi connectivity index (χ1v) is 18.6. The van der Waals surface area contributed by atoms with Gasteiger partial charge in [0.1, 0.15) is 0 Å². The summed E-state index contributed by atoms with van der Waals surface area (Å²) in [5, 5.41) is 0. The van der Waals surface area contributed by atoms with Gasteiger partial charge in [-0.1, -0.05) is 130 Å². The van der Waals surface area contributed by atoms with Crippen LogP contribution in [0.2, 0.25) is 0 Å². The van der Waals surface area contributed by atoms with E-state index in [1.807, 2.05) is 14.1 Å². The molecule has 0 N–H and O–H groups in total. The van der Waals surface area contributed by atoms with E-state index in [4.69, 9.17) is 13.8 Å². The van der Waals surface area contributed by atoms with Crippen molar-refractivity contribution in [3.05, 3.63) is 0 Å². The molecule has 0 saturated carbocycles. The van der Waals surface area contributed by atoms with E-state index in [0.29, 0.717) is 0 Å². The van der Waals surface area contributed by atoms with Crippen LogP contribution in [0.3, 0.4) is 0 Å². The topological polar surface area (TPSA) is 54.4 Å². The monoisotopic (exact) mass is 585 g/mol. The molecule has 7 heteroatoms. The molecule has 3 atom stereocenters. The van der Waals surface area contributed by atoms with E-state index in [1.54, 1.807) is 0 Å². The van der Waals surface area contributed by atoms with Crippen LogP contribution in [-0.4, -0.2) is 54.1 Å². The van der Waals surface area contributed by atoms with Crippen LogP contribution in [0, 0.1) is 0 Å². The molecule has 1 saturated heterocycles. The van der Waals surface area contributed by atoms with E-state index in [2.05, 4.69) is 51.3 Å². The van der Waals surface area contributed by atoms with Crippen LogP contribution >= 0.6 is 7.75 Å². The Hall–Kier alpha value is -0.580. The Morgan fingerprint density at radius 2 is 0.900 bits per heavy atom. The first-order valence-electron chi connectivity index (χ1n) is 17.1. The molecule has 6 nitrogen and oxygen atoms in total. The highest BCUT2D eigenvalue weighted by Crippen LogP contribution is 2.59. The minimum atomic E-state index is -3.80. The van der Waals surface area contributed by atoms with Crippen molar-refractivity contribution in [2.24, 2.45) is 4.76 Å². The van der Waals surface area contributed by atoms with Crippen molar-refractivity contribution in [3.63, 3.8) is 0 Å². The van der Waals surface area contributed by atoms with Crippen molar-refractivity contribution in [1.82, 2.24) is 9.80 Å². The molecule has 0 spiro atoms. The SMILES string of the molecule is CCCCCCCC(C)(CCCCCC)OP(=O)(N=C1N(C)CCN1C)OC(C)(CCCCC)CCCCCC.